The number of H-pyrrole nitrogens is 1. The van der Waals surface area contributed by atoms with Gasteiger partial charge in [0.2, 0.25) is 0 Å². The summed E-state index contributed by atoms with van der Waals surface area (Å²) in [5, 5.41) is 3.93. The fourth-order valence-electron chi connectivity index (χ4n) is 1.72. The molecule has 0 aliphatic heterocycles. The minimum Gasteiger partial charge on any atom is -0.334 e. The summed E-state index contributed by atoms with van der Waals surface area (Å²) < 4.78 is 0.958. The molecule has 96 valence electrons. The number of hydrogen-bond donors (Lipinski definition) is 2. The van der Waals surface area contributed by atoms with Crippen LogP contribution < -0.4 is 5.32 Å². The van der Waals surface area contributed by atoms with Crippen molar-refractivity contribution < 1.29 is 4.79 Å². The number of fused-ring (bicyclic) bond motifs is 1. The Morgan fingerprint density at radius 1 is 1.53 bits per heavy atom. The fourth-order valence-corrected chi connectivity index (χ4v) is 2.71. The molecule has 0 spiro atoms. The van der Waals surface area contributed by atoms with E-state index in [4.69, 9.17) is 11.6 Å². The lowest BCUT2D eigenvalue weighted by Gasteiger charge is -2.04. The van der Waals surface area contributed by atoms with Crippen LogP contribution in [0.15, 0.2) is 24.4 Å². The molecule has 0 fully saturated rings. The van der Waals surface area contributed by atoms with E-state index in [-0.39, 0.29) is 11.1 Å². The van der Waals surface area contributed by atoms with Crippen LogP contribution in [0.4, 0.5) is 5.69 Å². The predicted octanol–water partition coefficient (Wildman–Crippen LogP) is 3.23. The van der Waals surface area contributed by atoms with Gasteiger partial charge in [-0.2, -0.15) is 0 Å². The lowest BCUT2D eigenvalue weighted by molar-refractivity contribution is 0.102. The number of nitrogens with zero attached hydrogens (tertiary/aromatic N) is 2. The molecule has 5 nitrogen and oxygen atoms in total. The van der Waals surface area contributed by atoms with Gasteiger partial charge in [0.05, 0.1) is 15.4 Å². The first-order valence-electron chi connectivity index (χ1n) is 5.51. The second kappa shape index (κ2) is 4.64. The third kappa shape index (κ3) is 2.32. The number of aryl methyl sites for hydroxylation is 1. The molecule has 0 bridgehead atoms. The minimum absolute atomic E-state index is 0.262. The Bertz CT molecular complexity index is 733. The van der Waals surface area contributed by atoms with Gasteiger partial charge in [-0.25, -0.2) is 9.97 Å². The van der Waals surface area contributed by atoms with Gasteiger partial charge in [-0.05, 0) is 25.1 Å². The summed E-state index contributed by atoms with van der Waals surface area (Å²) in [5.74, 6) is -0.266. The van der Waals surface area contributed by atoms with Crippen molar-refractivity contribution in [3.05, 3.63) is 40.3 Å². The van der Waals surface area contributed by atoms with Crippen molar-refractivity contribution in [3.8, 4) is 0 Å². The molecule has 3 aromatic rings. The Balaban J connectivity index is 1.87. The van der Waals surface area contributed by atoms with Crippen LogP contribution in [-0.4, -0.2) is 20.9 Å². The number of halogens is 1. The maximum Gasteiger partial charge on any atom is 0.272 e. The van der Waals surface area contributed by atoms with Gasteiger partial charge in [-0.15, -0.1) is 11.3 Å². The van der Waals surface area contributed by atoms with E-state index in [2.05, 4.69) is 20.3 Å². The smallest absolute Gasteiger partial charge is 0.272 e. The number of thiazole rings is 1. The molecule has 0 saturated heterocycles. The van der Waals surface area contributed by atoms with E-state index in [1.165, 1.54) is 11.3 Å². The van der Waals surface area contributed by atoms with E-state index in [9.17, 15) is 4.79 Å². The lowest BCUT2D eigenvalue weighted by Crippen LogP contribution is -2.12. The van der Waals surface area contributed by atoms with Gasteiger partial charge < -0.3 is 10.3 Å². The highest BCUT2D eigenvalue weighted by atomic mass is 35.5. The van der Waals surface area contributed by atoms with E-state index in [1.54, 1.807) is 24.4 Å². The fraction of sp³-hybridized carbons (Fsp3) is 0.0833. The van der Waals surface area contributed by atoms with Crippen LogP contribution in [-0.2, 0) is 0 Å². The summed E-state index contributed by atoms with van der Waals surface area (Å²) in [4.78, 5) is 23.2. The standard InChI is InChI=1S/C12H9ClN4OS/c1-6-15-11-9(19-6)5-8(16-11)12(18)17-7-3-2-4-14-10(7)13/h2-5,16H,1H3,(H,17,18). The van der Waals surface area contributed by atoms with Crippen LogP contribution in [0.25, 0.3) is 10.3 Å². The average Bonchev–Trinajstić information content (AvgIpc) is 2.89. The second-order valence-electron chi connectivity index (χ2n) is 3.92. The summed E-state index contributed by atoms with van der Waals surface area (Å²) in [5.41, 5.74) is 1.66. The summed E-state index contributed by atoms with van der Waals surface area (Å²) in [7, 11) is 0. The van der Waals surface area contributed by atoms with Crippen molar-refractivity contribution in [1.82, 2.24) is 15.0 Å². The Morgan fingerprint density at radius 3 is 3.11 bits per heavy atom. The zero-order chi connectivity index (χ0) is 13.4. The van der Waals surface area contributed by atoms with E-state index < -0.39 is 0 Å². The number of hydrogen-bond acceptors (Lipinski definition) is 4. The van der Waals surface area contributed by atoms with Crippen LogP contribution in [0, 0.1) is 6.92 Å². The predicted molar refractivity (Wildman–Crippen MR) is 75.9 cm³/mol. The highest BCUT2D eigenvalue weighted by Crippen LogP contribution is 2.23. The molecule has 7 heteroatoms. The van der Waals surface area contributed by atoms with Gasteiger partial charge in [0.1, 0.15) is 11.3 Å². The molecule has 0 aliphatic carbocycles. The third-order valence-corrected chi connectivity index (χ3v) is 3.76. The van der Waals surface area contributed by atoms with Gasteiger partial charge in [-0.1, -0.05) is 11.6 Å². The largest absolute Gasteiger partial charge is 0.334 e. The van der Waals surface area contributed by atoms with Crippen LogP contribution >= 0.6 is 22.9 Å². The van der Waals surface area contributed by atoms with Crippen molar-refractivity contribution >= 4 is 44.9 Å². The topological polar surface area (TPSA) is 70.7 Å². The molecule has 3 rings (SSSR count). The highest BCUT2D eigenvalue weighted by Gasteiger charge is 2.13. The Kier molecular flexibility index (Phi) is 2.96. The normalized spacial score (nSPS) is 10.8. The molecule has 0 aromatic carbocycles. The maximum absolute atomic E-state index is 12.1. The van der Waals surface area contributed by atoms with Crippen LogP contribution in [0.2, 0.25) is 5.15 Å². The Labute approximate surface area is 117 Å². The van der Waals surface area contributed by atoms with Gasteiger partial charge in [0, 0.05) is 6.20 Å². The molecule has 0 radical (unpaired) electrons. The second-order valence-corrected chi connectivity index (χ2v) is 5.52. The summed E-state index contributed by atoms with van der Waals surface area (Å²) in [6.45, 7) is 1.92. The number of nitrogens with one attached hydrogen (secondary N) is 2. The van der Waals surface area contributed by atoms with E-state index in [0.717, 1.165) is 15.4 Å². The van der Waals surface area contributed by atoms with Gasteiger partial charge in [-0.3, -0.25) is 4.79 Å². The zero-order valence-electron chi connectivity index (χ0n) is 9.90. The van der Waals surface area contributed by atoms with Gasteiger partial charge in [0.25, 0.3) is 5.91 Å². The van der Waals surface area contributed by atoms with Crippen LogP contribution in [0.1, 0.15) is 15.5 Å². The van der Waals surface area contributed by atoms with E-state index in [0.29, 0.717) is 11.4 Å². The highest BCUT2D eigenvalue weighted by molar-refractivity contribution is 7.18. The third-order valence-electron chi connectivity index (χ3n) is 2.54. The number of amides is 1. The maximum atomic E-state index is 12.1. The summed E-state index contributed by atoms with van der Waals surface area (Å²) in [6.07, 6.45) is 1.56. The van der Waals surface area contributed by atoms with Crippen LogP contribution in [0.3, 0.4) is 0 Å². The minimum atomic E-state index is -0.266. The molecular weight excluding hydrogens is 284 g/mol. The monoisotopic (exact) mass is 292 g/mol. The quantitative estimate of drug-likeness (QED) is 0.712. The first-order valence-corrected chi connectivity index (χ1v) is 6.71. The molecule has 0 unspecified atom stereocenters. The van der Waals surface area contributed by atoms with Crippen molar-refractivity contribution in [2.75, 3.05) is 5.32 Å². The van der Waals surface area contributed by atoms with Crippen molar-refractivity contribution in [1.29, 1.82) is 0 Å². The zero-order valence-corrected chi connectivity index (χ0v) is 11.5. The number of carbonyl (C=O) groups is 1. The first kappa shape index (κ1) is 12.1. The number of anilines is 1. The van der Waals surface area contributed by atoms with Gasteiger partial charge >= 0.3 is 0 Å². The first-order chi connectivity index (χ1) is 9.13. The van der Waals surface area contributed by atoms with Gasteiger partial charge in [0.15, 0.2) is 5.15 Å². The van der Waals surface area contributed by atoms with Crippen molar-refractivity contribution in [3.63, 3.8) is 0 Å². The molecule has 0 atom stereocenters. The number of pyridine rings is 1. The molecule has 1 amide bonds. The Morgan fingerprint density at radius 2 is 2.37 bits per heavy atom. The Hall–Kier alpha value is -1.92. The summed E-state index contributed by atoms with van der Waals surface area (Å²) in [6, 6.07) is 5.18. The lowest BCUT2D eigenvalue weighted by atomic mass is 10.3. The SMILES string of the molecule is Cc1nc2[nH]c(C(=O)Nc3cccnc3Cl)cc2s1. The van der Waals surface area contributed by atoms with E-state index in [1.807, 2.05) is 6.92 Å². The molecule has 0 saturated carbocycles. The van der Waals surface area contributed by atoms with Crippen molar-refractivity contribution in [2.24, 2.45) is 0 Å². The molecule has 2 N–H and O–H groups in total. The number of rotatable bonds is 2. The molecule has 3 aromatic heterocycles. The van der Waals surface area contributed by atoms with Crippen molar-refractivity contribution in [2.45, 2.75) is 6.92 Å². The number of carbonyl (C=O) groups excluding carboxylic acids is 1. The molecular formula is C12H9ClN4OS. The van der Waals surface area contributed by atoms with Crippen LogP contribution in [0.5, 0.6) is 0 Å². The molecule has 19 heavy (non-hydrogen) atoms. The number of aromatic nitrogens is 3. The molecule has 3 heterocycles. The molecule has 0 aliphatic rings. The average molecular weight is 293 g/mol. The summed E-state index contributed by atoms with van der Waals surface area (Å²) >= 11 is 7.43. The van der Waals surface area contributed by atoms with E-state index >= 15 is 0 Å². The number of aromatic amines is 1.